The number of carboxylic acids is 1. The number of rotatable bonds is 5. The van der Waals surface area contributed by atoms with E-state index in [0.29, 0.717) is 25.8 Å². The molecule has 0 aliphatic carbocycles. The standard InChI is InChI=1S/C13H22N2O5/c1-3-13(12(18)19)6-5-7-15(8-13)10(16)9(14)11(17)20-4-2/h9H,3-8,14H2,1-2H3,(H,18,19). The fourth-order valence-electron chi connectivity index (χ4n) is 2.46. The molecular formula is C13H22N2O5. The zero-order valence-corrected chi connectivity index (χ0v) is 11.9. The first kappa shape index (κ1) is 16.4. The molecule has 0 bridgehead atoms. The van der Waals surface area contributed by atoms with Crippen molar-refractivity contribution in [2.24, 2.45) is 11.1 Å². The van der Waals surface area contributed by atoms with Crippen LogP contribution in [-0.2, 0) is 19.1 Å². The largest absolute Gasteiger partial charge is 0.481 e. The van der Waals surface area contributed by atoms with Crippen LogP contribution in [0.4, 0.5) is 0 Å². The number of hydrogen-bond donors (Lipinski definition) is 2. The summed E-state index contributed by atoms with van der Waals surface area (Å²) >= 11 is 0. The Balaban J connectivity index is 2.78. The average molecular weight is 286 g/mol. The number of carbonyl (C=O) groups is 3. The summed E-state index contributed by atoms with van der Waals surface area (Å²) in [5, 5.41) is 9.36. The lowest BCUT2D eigenvalue weighted by Crippen LogP contribution is -2.55. The molecular weight excluding hydrogens is 264 g/mol. The summed E-state index contributed by atoms with van der Waals surface area (Å²) in [6, 6.07) is -1.38. The fourth-order valence-corrected chi connectivity index (χ4v) is 2.46. The lowest BCUT2D eigenvalue weighted by Gasteiger charge is -2.40. The number of carbonyl (C=O) groups excluding carboxylic acids is 2. The Morgan fingerprint density at radius 1 is 1.40 bits per heavy atom. The zero-order valence-electron chi connectivity index (χ0n) is 11.9. The summed E-state index contributed by atoms with van der Waals surface area (Å²) in [5.41, 5.74) is 4.63. The van der Waals surface area contributed by atoms with Crippen LogP contribution in [0.5, 0.6) is 0 Å². The van der Waals surface area contributed by atoms with Gasteiger partial charge in [-0.15, -0.1) is 0 Å². The fraction of sp³-hybridized carbons (Fsp3) is 0.769. The van der Waals surface area contributed by atoms with Gasteiger partial charge in [0.15, 0.2) is 6.04 Å². The van der Waals surface area contributed by atoms with Crippen LogP contribution >= 0.6 is 0 Å². The zero-order chi connectivity index (χ0) is 15.3. The van der Waals surface area contributed by atoms with E-state index in [1.54, 1.807) is 13.8 Å². The molecule has 2 unspecified atom stereocenters. The van der Waals surface area contributed by atoms with Crippen molar-refractivity contribution in [3.63, 3.8) is 0 Å². The van der Waals surface area contributed by atoms with Crippen LogP contribution < -0.4 is 5.73 Å². The van der Waals surface area contributed by atoms with Gasteiger partial charge in [-0.1, -0.05) is 6.92 Å². The molecule has 0 radical (unpaired) electrons. The summed E-state index contributed by atoms with van der Waals surface area (Å²) in [4.78, 5) is 36.4. The van der Waals surface area contributed by atoms with E-state index in [-0.39, 0.29) is 13.2 Å². The van der Waals surface area contributed by atoms with E-state index in [0.717, 1.165) is 0 Å². The molecule has 0 saturated carbocycles. The lowest BCUT2D eigenvalue weighted by atomic mass is 9.77. The molecule has 2 atom stereocenters. The first-order chi connectivity index (χ1) is 9.38. The Bertz CT molecular complexity index is 398. The molecule has 20 heavy (non-hydrogen) atoms. The highest BCUT2D eigenvalue weighted by molar-refractivity contribution is 6.01. The van der Waals surface area contributed by atoms with Crippen LogP contribution in [0.15, 0.2) is 0 Å². The molecule has 114 valence electrons. The Labute approximate surface area is 118 Å². The van der Waals surface area contributed by atoms with E-state index in [1.807, 2.05) is 0 Å². The van der Waals surface area contributed by atoms with Gasteiger partial charge < -0.3 is 20.5 Å². The van der Waals surface area contributed by atoms with Gasteiger partial charge in [0.25, 0.3) is 5.91 Å². The van der Waals surface area contributed by atoms with Gasteiger partial charge in [0.2, 0.25) is 0 Å². The maximum atomic E-state index is 12.1. The molecule has 1 heterocycles. The van der Waals surface area contributed by atoms with Gasteiger partial charge in [0, 0.05) is 13.1 Å². The Morgan fingerprint density at radius 2 is 2.05 bits per heavy atom. The third-order valence-electron chi connectivity index (χ3n) is 3.83. The average Bonchev–Trinajstić information content (AvgIpc) is 2.45. The second kappa shape index (κ2) is 6.69. The van der Waals surface area contributed by atoms with Crippen molar-refractivity contribution >= 4 is 17.8 Å². The summed E-state index contributed by atoms with van der Waals surface area (Å²) in [7, 11) is 0. The predicted molar refractivity (Wildman–Crippen MR) is 70.8 cm³/mol. The van der Waals surface area contributed by atoms with Crippen molar-refractivity contribution in [2.75, 3.05) is 19.7 Å². The number of esters is 1. The first-order valence-electron chi connectivity index (χ1n) is 6.82. The van der Waals surface area contributed by atoms with Crippen LogP contribution in [0.25, 0.3) is 0 Å². The molecule has 0 aromatic carbocycles. The van der Waals surface area contributed by atoms with Gasteiger partial charge in [-0.25, -0.2) is 4.79 Å². The summed E-state index contributed by atoms with van der Waals surface area (Å²) in [5.74, 6) is -2.26. The third-order valence-corrected chi connectivity index (χ3v) is 3.83. The molecule has 1 saturated heterocycles. The summed E-state index contributed by atoms with van der Waals surface area (Å²) < 4.78 is 4.71. The number of carboxylic acid groups (broad SMARTS) is 1. The Hall–Kier alpha value is -1.63. The molecule has 1 aliphatic heterocycles. The Kier molecular flexibility index (Phi) is 5.50. The SMILES string of the molecule is CCOC(=O)C(N)C(=O)N1CCCC(CC)(C(=O)O)C1. The minimum Gasteiger partial charge on any atom is -0.481 e. The number of aliphatic carboxylic acids is 1. The van der Waals surface area contributed by atoms with E-state index < -0.39 is 29.3 Å². The van der Waals surface area contributed by atoms with Crippen LogP contribution in [0, 0.1) is 5.41 Å². The normalized spacial score (nSPS) is 24.1. The highest BCUT2D eigenvalue weighted by Gasteiger charge is 2.43. The number of piperidine rings is 1. The van der Waals surface area contributed by atoms with E-state index in [1.165, 1.54) is 4.90 Å². The van der Waals surface area contributed by atoms with Crippen molar-refractivity contribution in [1.29, 1.82) is 0 Å². The molecule has 0 aromatic rings. The monoisotopic (exact) mass is 286 g/mol. The molecule has 7 nitrogen and oxygen atoms in total. The van der Waals surface area contributed by atoms with Crippen LogP contribution in [0.2, 0.25) is 0 Å². The second-order valence-corrected chi connectivity index (χ2v) is 5.03. The molecule has 0 aromatic heterocycles. The minimum atomic E-state index is -1.38. The van der Waals surface area contributed by atoms with Crippen molar-refractivity contribution < 1.29 is 24.2 Å². The minimum absolute atomic E-state index is 0.0881. The molecule has 0 spiro atoms. The van der Waals surface area contributed by atoms with E-state index in [9.17, 15) is 19.5 Å². The van der Waals surface area contributed by atoms with E-state index in [2.05, 4.69) is 0 Å². The van der Waals surface area contributed by atoms with E-state index >= 15 is 0 Å². The van der Waals surface area contributed by atoms with E-state index in [4.69, 9.17) is 10.5 Å². The molecule has 3 N–H and O–H groups in total. The first-order valence-corrected chi connectivity index (χ1v) is 6.82. The predicted octanol–water partition coefficient (Wildman–Crippen LogP) is -0.0198. The number of likely N-dealkylation sites (tertiary alicyclic amines) is 1. The van der Waals surface area contributed by atoms with Crippen molar-refractivity contribution in [3.8, 4) is 0 Å². The molecule has 7 heteroatoms. The number of nitrogens with zero attached hydrogens (tertiary/aromatic N) is 1. The molecule has 1 amide bonds. The van der Waals surface area contributed by atoms with Gasteiger partial charge in [0.1, 0.15) is 0 Å². The highest BCUT2D eigenvalue weighted by atomic mass is 16.5. The third kappa shape index (κ3) is 3.27. The smallest absolute Gasteiger partial charge is 0.332 e. The van der Waals surface area contributed by atoms with Crippen LogP contribution in [-0.4, -0.2) is 53.6 Å². The molecule has 1 fully saturated rings. The van der Waals surface area contributed by atoms with Gasteiger partial charge in [0.05, 0.1) is 12.0 Å². The maximum Gasteiger partial charge on any atom is 0.332 e. The van der Waals surface area contributed by atoms with Crippen LogP contribution in [0.1, 0.15) is 33.1 Å². The molecule has 1 aliphatic rings. The Morgan fingerprint density at radius 3 is 2.55 bits per heavy atom. The lowest BCUT2D eigenvalue weighted by molar-refractivity contribution is -0.157. The van der Waals surface area contributed by atoms with Crippen molar-refractivity contribution in [2.45, 2.75) is 39.2 Å². The number of nitrogens with two attached hydrogens (primary N) is 1. The number of ether oxygens (including phenoxy) is 1. The topological polar surface area (TPSA) is 110 Å². The second-order valence-electron chi connectivity index (χ2n) is 5.03. The molecule has 1 rings (SSSR count). The van der Waals surface area contributed by atoms with Gasteiger partial charge >= 0.3 is 11.9 Å². The number of amides is 1. The van der Waals surface area contributed by atoms with Crippen molar-refractivity contribution in [3.05, 3.63) is 0 Å². The number of hydrogen-bond acceptors (Lipinski definition) is 5. The maximum absolute atomic E-state index is 12.1. The van der Waals surface area contributed by atoms with Crippen molar-refractivity contribution in [1.82, 2.24) is 4.90 Å². The van der Waals surface area contributed by atoms with Gasteiger partial charge in [-0.05, 0) is 26.2 Å². The quantitative estimate of drug-likeness (QED) is 0.543. The summed E-state index contributed by atoms with van der Waals surface area (Å²) in [6.45, 7) is 4.06. The van der Waals surface area contributed by atoms with Gasteiger partial charge in [-0.2, -0.15) is 0 Å². The van der Waals surface area contributed by atoms with Gasteiger partial charge in [-0.3, -0.25) is 9.59 Å². The van der Waals surface area contributed by atoms with Crippen LogP contribution in [0.3, 0.4) is 0 Å². The highest BCUT2D eigenvalue weighted by Crippen LogP contribution is 2.33. The summed E-state index contributed by atoms with van der Waals surface area (Å²) in [6.07, 6.45) is 1.54.